The Labute approximate surface area is 114 Å². The summed E-state index contributed by atoms with van der Waals surface area (Å²) in [7, 11) is 0. The smallest absolute Gasteiger partial charge is 0.260 e. The Morgan fingerprint density at radius 2 is 2.00 bits per heavy atom. The Morgan fingerprint density at radius 3 is 2.74 bits per heavy atom. The van der Waals surface area contributed by atoms with Gasteiger partial charge >= 0.3 is 0 Å². The average molecular weight is 259 g/mol. The average Bonchev–Trinajstić information content (AvgIpc) is 3.22. The number of nitrogens with one attached hydrogen (secondary N) is 1. The second-order valence-electron chi connectivity index (χ2n) is 5.68. The minimum Gasteiger partial charge on any atom is -0.481 e. The molecule has 1 aromatic rings. The van der Waals surface area contributed by atoms with Crippen molar-refractivity contribution < 1.29 is 9.53 Å². The number of aryl methyl sites for hydroxylation is 2. The number of fused-ring (bicyclic) bond motifs is 1. The highest BCUT2D eigenvalue weighted by molar-refractivity contribution is 5.81. The summed E-state index contributed by atoms with van der Waals surface area (Å²) in [5, 5.41) is 2.97. The van der Waals surface area contributed by atoms with E-state index >= 15 is 0 Å². The van der Waals surface area contributed by atoms with Gasteiger partial charge in [-0.3, -0.25) is 4.79 Å². The van der Waals surface area contributed by atoms with E-state index in [-0.39, 0.29) is 5.91 Å². The molecule has 3 nitrogen and oxygen atoms in total. The maximum Gasteiger partial charge on any atom is 0.260 e. The summed E-state index contributed by atoms with van der Waals surface area (Å²) in [4.78, 5) is 11.9. The molecular weight excluding hydrogens is 238 g/mol. The predicted octanol–water partition coefficient (Wildman–Crippen LogP) is 2.61. The number of hydrogen-bond acceptors (Lipinski definition) is 2. The molecule has 1 atom stereocenters. The number of benzene rings is 1. The minimum atomic E-state index is -0.415. The van der Waals surface area contributed by atoms with Gasteiger partial charge in [-0.15, -0.1) is 0 Å². The maximum atomic E-state index is 11.9. The van der Waals surface area contributed by atoms with Crippen LogP contribution >= 0.6 is 0 Å². The zero-order valence-electron chi connectivity index (χ0n) is 11.4. The largest absolute Gasteiger partial charge is 0.481 e. The van der Waals surface area contributed by atoms with Crippen LogP contribution in [-0.2, 0) is 17.6 Å². The molecule has 102 valence electrons. The molecule has 1 fully saturated rings. The fourth-order valence-corrected chi connectivity index (χ4v) is 2.59. The van der Waals surface area contributed by atoms with Crippen LogP contribution in [0.25, 0.3) is 0 Å². The molecular formula is C16H21NO2. The maximum absolute atomic E-state index is 11.9. The first-order valence-corrected chi connectivity index (χ1v) is 7.31. The Morgan fingerprint density at radius 1 is 1.26 bits per heavy atom. The van der Waals surface area contributed by atoms with E-state index in [1.807, 2.05) is 13.0 Å². The summed E-state index contributed by atoms with van der Waals surface area (Å²) < 4.78 is 5.76. The molecule has 1 N–H and O–H groups in total. The zero-order valence-corrected chi connectivity index (χ0v) is 11.4. The van der Waals surface area contributed by atoms with Gasteiger partial charge in [0.25, 0.3) is 5.91 Å². The summed E-state index contributed by atoms with van der Waals surface area (Å²) in [6, 6.07) is 6.64. The number of ether oxygens (including phenoxy) is 1. The first kappa shape index (κ1) is 12.5. The summed E-state index contributed by atoms with van der Waals surface area (Å²) in [6.45, 7) is 1.82. The van der Waals surface area contributed by atoms with Crippen LogP contribution in [0.5, 0.6) is 5.75 Å². The third-order valence-electron chi connectivity index (χ3n) is 3.93. The van der Waals surface area contributed by atoms with Gasteiger partial charge in [-0.1, -0.05) is 6.07 Å². The van der Waals surface area contributed by atoms with Gasteiger partial charge in [0.05, 0.1) is 0 Å². The molecule has 0 saturated heterocycles. The lowest BCUT2D eigenvalue weighted by atomic mass is 9.92. The molecule has 19 heavy (non-hydrogen) atoms. The van der Waals surface area contributed by atoms with Crippen molar-refractivity contribution in [1.82, 2.24) is 5.32 Å². The molecule has 2 aliphatic carbocycles. The fourth-order valence-electron chi connectivity index (χ4n) is 2.59. The third kappa shape index (κ3) is 3.09. The molecule has 0 spiro atoms. The summed E-state index contributed by atoms with van der Waals surface area (Å²) >= 11 is 0. The van der Waals surface area contributed by atoms with Gasteiger partial charge in [-0.05, 0) is 68.7 Å². The number of rotatable bonds is 4. The molecule has 0 heterocycles. The van der Waals surface area contributed by atoms with Crippen molar-refractivity contribution in [2.24, 2.45) is 0 Å². The Hall–Kier alpha value is -1.51. The van der Waals surface area contributed by atoms with Crippen molar-refractivity contribution in [2.45, 2.75) is 57.6 Å². The molecule has 0 bridgehead atoms. The van der Waals surface area contributed by atoms with Crippen LogP contribution in [-0.4, -0.2) is 18.1 Å². The van der Waals surface area contributed by atoms with Gasteiger partial charge in [0.2, 0.25) is 0 Å². The molecule has 0 radical (unpaired) electrons. The predicted molar refractivity (Wildman–Crippen MR) is 74.3 cm³/mol. The van der Waals surface area contributed by atoms with Gasteiger partial charge in [-0.25, -0.2) is 0 Å². The molecule has 3 rings (SSSR count). The lowest BCUT2D eigenvalue weighted by Gasteiger charge is -2.19. The van der Waals surface area contributed by atoms with Gasteiger partial charge in [0.15, 0.2) is 6.10 Å². The molecule has 0 aliphatic heterocycles. The molecule has 1 saturated carbocycles. The lowest BCUT2D eigenvalue weighted by molar-refractivity contribution is -0.127. The van der Waals surface area contributed by atoms with E-state index < -0.39 is 6.10 Å². The van der Waals surface area contributed by atoms with E-state index in [0.717, 1.165) is 25.0 Å². The SMILES string of the molecule is C[C@@H](Oc1ccc2c(c1)CCCC2)C(=O)NC1CC1. The quantitative estimate of drug-likeness (QED) is 0.902. The number of carbonyl (C=O) groups is 1. The first-order valence-electron chi connectivity index (χ1n) is 7.31. The highest BCUT2D eigenvalue weighted by Crippen LogP contribution is 2.26. The normalized spacial score (nSPS) is 19.4. The van der Waals surface area contributed by atoms with Crippen molar-refractivity contribution in [3.8, 4) is 5.75 Å². The molecule has 2 aliphatic rings. The van der Waals surface area contributed by atoms with Gasteiger partial charge in [0, 0.05) is 6.04 Å². The lowest BCUT2D eigenvalue weighted by Crippen LogP contribution is -2.37. The zero-order chi connectivity index (χ0) is 13.2. The highest BCUT2D eigenvalue weighted by atomic mass is 16.5. The van der Waals surface area contributed by atoms with E-state index in [1.165, 1.54) is 30.4 Å². The van der Waals surface area contributed by atoms with E-state index in [0.29, 0.717) is 6.04 Å². The third-order valence-corrected chi connectivity index (χ3v) is 3.93. The molecule has 3 heteroatoms. The molecule has 1 amide bonds. The summed E-state index contributed by atoms with van der Waals surface area (Å²) in [6.07, 6.45) is 6.65. The van der Waals surface area contributed by atoms with Crippen molar-refractivity contribution in [2.75, 3.05) is 0 Å². The van der Waals surface area contributed by atoms with Crippen LogP contribution in [0.15, 0.2) is 18.2 Å². The molecule has 0 unspecified atom stereocenters. The van der Waals surface area contributed by atoms with E-state index in [1.54, 1.807) is 0 Å². The van der Waals surface area contributed by atoms with Crippen molar-refractivity contribution >= 4 is 5.91 Å². The van der Waals surface area contributed by atoms with E-state index in [2.05, 4.69) is 17.4 Å². The number of hydrogen-bond donors (Lipinski definition) is 1. The van der Waals surface area contributed by atoms with Crippen molar-refractivity contribution in [3.05, 3.63) is 29.3 Å². The van der Waals surface area contributed by atoms with Crippen molar-refractivity contribution in [3.63, 3.8) is 0 Å². The minimum absolute atomic E-state index is 0.000204. The van der Waals surface area contributed by atoms with Gasteiger partial charge < -0.3 is 10.1 Å². The second kappa shape index (κ2) is 5.24. The van der Waals surface area contributed by atoms with E-state index in [4.69, 9.17) is 4.74 Å². The first-order chi connectivity index (χ1) is 9.22. The topological polar surface area (TPSA) is 38.3 Å². The molecule has 0 aromatic heterocycles. The second-order valence-corrected chi connectivity index (χ2v) is 5.68. The van der Waals surface area contributed by atoms with Crippen LogP contribution in [0, 0.1) is 0 Å². The van der Waals surface area contributed by atoms with Crippen LogP contribution in [0.3, 0.4) is 0 Å². The monoisotopic (exact) mass is 259 g/mol. The number of amides is 1. The van der Waals surface area contributed by atoms with Crippen LogP contribution < -0.4 is 10.1 Å². The van der Waals surface area contributed by atoms with Gasteiger partial charge in [-0.2, -0.15) is 0 Å². The standard InChI is InChI=1S/C16H21NO2/c1-11(16(18)17-14-7-8-14)19-15-9-6-12-4-2-3-5-13(12)10-15/h6,9-11,14H,2-5,7-8H2,1H3,(H,17,18)/t11-/m1/s1. The van der Waals surface area contributed by atoms with Gasteiger partial charge in [0.1, 0.15) is 5.75 Å². The fraction of sp³-hybridized carbons (Fsp3) is 0.562. The molecule has 1 aromatic carbocycles. The highest BCUT2D eigenvalue weighted by Gasteiger charge is 2.26. The Balaban J connectivity index is 1.63. The number of carbonyl (C=O) groups excluding carboxylic acids is 1. The summed E-state index contributed by atoms with van der Waals surface area (Å²) in [5.74, 6) is 0.819. The van der Waals surface area contributed by atoms with Crippen LogP contribution in [0.4, 0.5) is 0 Å². The summed E-state index contributed by atoms with van der Waals surface area (Å²) in [5.41, 5.74) is 2.83. The van der Waals surface area contributed by atoms with E-state index in [9.17, 15) is 4.79 Å². The Kier molecular flexibility index (Phi) is 3.45. The van der Waals surface area contributed by atoms with Crippen LogP contribution in [0.2, 0.25) is 0 Å². The van der Waals surface area contributed by atoms with Crippen LogP contribution in [0.1, 0.15) is 43.7 Å². The van der Waals surface area contributed by atoms with Crippen molar-refractivity contribution in [1.29, 1.82) is 0 Å². The Bertz CT molecular complexity index is 480.